The van der Waals surface area contributed by atoms with Crippen molar-refractivity contribution in [1.29, 1.82) is 0 Å². The third kappa shape index (κ3) is 3.42. The van der Waals surface area contributed by atoms with Crippen LogP contribution in [0.15, 0.2) is 18.2 Å². The van der Waals surface area contributed by atoms with Gasteiger partial charge in [0.15, 0.2) is 0 Å². The lowest BCUT2D eigenvalue weighted by atomic mass is 10.2. The van der Waals surface area contributed by atoms with Crippen LogP contribution in [0.4, 0.5) is 10.6 Å². The van der Waals surface area contributed by atoms with Gasteiger partial charge in [-0.25, -0.2) is 4.73 Å². The summed E-state index contributed by atoms with van der Waals surface area (Å²) in [4.78, 5) is 11.4. The Balaban J connectivity index is 2.74. The molecular weight excluding hydrogens is 208 g/mol. The summed E-state index contributed by atoms with van der Waals surface area (Å²) in [6, 6.07) is 4.87. The first kappa shape index (κ1) is 12.3. The number of nitrogens with zero attached hydrogens (tertiary/aromatic N) is 1. The molecule has 16 heavy (non-hydrogen) atoms. The number of aryl methyl sites for hydroxylation is 1. The van der Waals surface area contributed by atoms with Gasteiger partial charge >= 0.3 is 6.09 Å². The largest absolute Gasteiger partial charge is 0.710 e. The molecule has 0 aliphatic carbocycles. The Bertz CT molecular complexity index is 397. The summed E-state index contributed by atoms with van der Waals surface area (Å²) in [5.41, 5.74) is -0.0738. The number of ether oxygens (including phenoxy) is 1. The summed E-state index contributed by atoms with van der Waals surface area (Å²) in [6.07, 6.45) is -0.636. The van der Waals surface area contributed by atoms with Crippen LogP contribution in [0.3, 0.4) is 0 Å². The third-order valence-corrected chi connectivity index (χ3v) is 1.76. The minimum absolute atomic E-state index is 0.161. The zero-order valence-corrected chi connectivity index (χ0v) is 9.90. The summed E-state index contributed by atoms with van der Waals surface area (Å²) in [5.74, 6) is 0.161. The maximum Gasteiger partial charge on any atom is 0.505 e. The van der Waals surface area contributed by atoms with E-state index in [1.165, 1.54) is 6.07 Å². The average Bonchev–Trinajstić information content (AvgIpc) is 2.09. The quantitative estimate of drug-likeness (QED) is 0.586. The van der Waals surface area contributed by atoms with Crippen LogP contribution in [0, 0.1) is 12.1 Å². The van der Waals surface area contributed by atoms with E-state index in [0.717, 1.165) is 0 Å². The minimum atomic E-state index is -0.636. The molecule has 0 fully saturated rings. The zero-order valence-electron chi connectivity index (χ0n) is 9.90. The molecule has 88 valence electrons. The number of hydrogen-bond donors (Lipinski definition) is 1. The highest BCUT2D eigenvalue weighted by atomic mass is 16.6. The van der Waals surface area contributed by atoms with E-state index in [1.807, 2.05) is 0 Å². The molecule has 0 atom stereocenters. The highest BCUT2D eigenvalue weighted by Gasteiger charge is 2.20. The van der Waals surface area contributed by atoms with Crippen LogP contribution in [0.5, 0.6) is 0 Å². The minimum Gasteiger partial charge on any atom is -0.710 e. The Morgan fingerprint density at radius 3 is 2.62 bits per heavy atom. The van der Waals surface area contributed by atoms with Gasteiger partial charge < -0.3 is 9.94 Å². The van der Waals surface area contributed by atoms with Gasteiger partial charge in [0.25, 0.3) is 5.82 Å². The molecular formula is C11H16N2O3. The standard InChI is InChI=1S/C11H16N2O3/c1-8-6-5-7-9(13(8)15)12-10(14)16-11(2,3)4/h5-7H,1-4H3,(H,12,14). The molecule has 1 heterocycles. The predicted molar refractivity (Wildman–Crippen MR) is 60.0 cm³/mol. The summed E-state index contributed by atoms with van der Waals surface area (Å²) in [6.45, 7) is 6.93. The van der Waals surface area contributed by atoms with Gasteiger partial charge in [0.05, 0.1) is 0 Å². The maximum atomic E-state index is 11.5. The third-order valence-electron chi connectivity index (χ3n) is 1.76. The Hall–Kier alpha value is -1.78. The molecule has 1 aromatic heterocycles. The first-order valence-electron chi connectivity index (χ1n) is 4.99. The number of rotatable bonds is 1. The van der Waals surface area contributed by atoms with E-state index in [-0.39, 0.29) is 5.82 Å². The van der Waals surface area contributed by atoms with E-state index >= 15 is 0 Å². The van der Waals surface area contributed by atoms with E-state index < -0.39 is 11.7 Å². The smallest absolute Gasteiger partial charge is 0.505 e. The number of carbonyl (C=O) groups excluding carboxylic acids is 1. The van der Waals surface area contributed by atoms with Gasteiger partial charge in [0.2, 0.25) is 0 Å². The Labute approximate surface area is 94.6 Å². The van der Waals surface area contributed by atoms with Crippen molar-refractivity contribution in [2.75, 3.05) is 5.32 Å². The number of pyridine rings is 1. The lowest BCUT2D eigenvalue weighted by molar-refractivity contribution is -0.597. The molecule has 0 saturated carbocycles. The fourth-order valence-electron chi connectivity index (χ4n) is 1.10. The Morgan fingerprint density at radius 2 is 2.06 bits per heavy atom. The van der Waals surface area contributed by atoms with Crippen molar-refractivity contribution in [3.05, 3.63) is 29.1 Å². The number of hydrogen-bond acceptors (Lipinski definition) is 3. The van der Waals surface area contributed by atoms with Crippen LogP contribution < -0.4 is 10.0 Å². The van der Waals surface area contributed by atoms with Crippen molar-refractivity contribution in [2.45, 2.75) is 33.3 Å². The van der Waals surface area contributed by atoms with Gasteiger partial charge in [-0.3, -0.25) is 0 Å². The van der Waals surface area contributed by atoms with E-state index in [9.17, 15) is 10.0 Å². The van der Waals surface area contributed by atoms with Crippen LogP contribution in [0.1, 0.15) is 26.5 Å². The predicted octanol–water partition coefficient (Wildman–Crippen LogP) is 1.98. The fraction of sp³-hybridized carbons (Fsp3) is 0.455. The molecule has 0 aliphatic rings. The normalized spacial score (nSPS) is 11.0. The molecule has 0 spiro atoms. The van der Waals surface area contributed by atoms with Gasteiger partial charge in [-0.05, 0) is 33.8 Å². The molecule has 0 bridgehead atoms. The van der Waals surface area contributed by atoms with Crippen LogP contribution in [0.2, 0.25) is 0 Å². The monoisotopic (exact) mass is 224 g/mol. The summed E-state index contributed by atoms with van der Waals surface area (Å²) < 4.78 is 5.68. The Kier molecular flexibility index (Phi) is 3.37. The maximum absolute atomic E-state index is 11.5. The van der Waals surface area contributed by atoms with Crippen molar-refractivity contribution in [2.24, 2.45) is 0 Å². The number of anilines is 1. The molecule has 5 heteroatoms. The topological polar surface area (TPSA) is 65.3 Å². The van der Waals surface area contributed by atoms with E-state index in [1.54, 1.807) is 39.8 Å². The highest BCUT2D eigenvalue weighted by molar-refractivity contribution is 5.82. The van der Waals surface area contributed by atoms with Crippen molar-refractivity contribution >= 4 is 11.9 Å². The molecule has 0 unspecified atom stereocenters. The number of aromatic nitrogens is 1. The number of carbonyl (C=O) groups is 1. The van der Waals surface area contributed by atoms with E-state index in [4.69, 9.17) is 4.74 Å². The first-order valence-corrected chi connectivity index (χ1v) is 4.99. The fourth-order valence-corrected chi connectivity index (χ4v) is 1.10. The molecule has 0 aliphatic heterocycles. The molecule has 0 radical (unpaired) electrons. The van der Waals surface area contributed by atoms with Gasteiger partial charge in [-0.1, -0.05) is 6.07 Å². The van der Waals surface area contributed by atoms with Crippen molar-refractivity contribution in [3.8, 4) is 0 Å². The second-order valence-electron chi connectivity index (χ2n) is 4.47. The summed E-state index contributed by atoms with van der Waals surface area (Å²) in [7, 11) is 0. The number of amides is 1. The first-order chi connectivity index (χ1) is 7.29. The van der Waals surface area contributed by atoms with Crippen LogP contribution in [0.25, 0.3) is 0 Å². The summed E-state index contributed by atoms with van der Waals surface area (Å²) >= 11 is 0. The highest BCUT2D eigenvalue weighted by Crippen LogP contribution is 2.09. The van der Waals surface area contributed by atoms with Gasteiger partial charge in [-0.15, -0.1) is 0 Å². The molecule has 0 saturated heterocycles. The SMILES string of the molecule is Cc1cccc(NC(=O)OC(C)(C)C)[n+]1[O-]. The van der Waals surface area contributed by atoms with Crippen LogP contribution >= 0.6 is 0 Å². The lowest BCUT2D eigenvalue weighted by Crippen LogP contribution is -2.37. The molecule has 1 N–H and O–H groups in total. The summed E-state index contributed by atoms with van der Waals surface area (Å²) in [5, 5.41) is 13.9. The van der Waals surface area contributed by atoms with Gasteiger partial charge in [0, 0.05) is 6.07 Å². The van der Waals surface area contributed by atoms with Crippen LogP contribution in [-0.2, 0) is 4.74 Å². The van der Waals surface area contributed by atoms with Gasteiger partial charge in [0.1, 0.15) is 11.3 Å². The Morgan fingerprint density at radius 1 is 1.44 bits per heavy atom. The average molecular weight is 224 g/mol. The van der Waals surface area contributed by atoms with Crippen LogP contribution in [-0.4, -0.2) is 11.7 Å². The molecule has 1 rings (SSSR count). The van der Waals surface area contributed by atoms with Crippen molar-refractivity contribution in [1.82, 2.24) is 0 Å². The van der Waals surface area contributed by atoms with Gasteiger partial charge in [-0.2, -0.15) is 10.1 Å². The zero-order chi connectivity index (χ0) is 12.3. The second-order valence-corrected chi connectivity index (χ2v) is 4.47. The molecule has 0 aromatic carbocycles. The van der Waals surface area contributed by atoms with E-state index in [2.05, 4.69) is 5.32 Å². The van der Waals surface area contributed by atoms with E-state index in [0.29, 0.717) is 10.4 Å². The molecule has 5 nitrogen and oxygen atoms in total. The second kappa shape index (κ2) is 4.38. The molecule has 1 amide bonds. The molecule has 1 aromatic rings. The number of nitrogens with one attached hydrogen (secondary N) is 1. The lowest BCUT2D eigenvalue weighted by Gasteiger charge is -2.18. The van der Waals surface area contributed by atoms with Crippen molar-refractivity contribution < 1.29 is 14.3 Å². The van der Waals surface area contributed by atoms with Crippen molar-refractivity contribution in [3.63, 3.8) is 0 Å².